The molecule has 5 heteroatoms. The number of aryl methyl sites for hydroxylation is 1. The molecule has 1 saturated carbocycles. The lowest BCUT2D eigenvalue weighted by molar-refractivity contribution is -0.182. The molecule has 2 unspecified atom stereocenters. The number of aromatic nitrogens is 1. The van der Waals surface area contributed by atoms with Crippen molar-refractivity contribution in [3.8, 4) is 0 Å². The van der Waals surface area contributed by atoms with Gasteiger partial charge in [-0.05, 0) is 49.8 Å². The van der Waals surface area contributed by atoms with Crippen LogP contribution >= 0.6 is 0 Å². The number of pyridine rings is 1. The van der Waals surface area contributed by atoms with E-state index in [2.05, 4.69) is 35.8 Å². The van der Waals surface area contributed by atoms with Crippen molar-refractivity contribution >= 4 is 17.9 Å². The van der Waals surface area contributed by atoms with Crippen molar-refractivity contribution in [1.29, 1.82) is 0 Å². The van der Waals surface area contributed by atoms with E-state index in [-0.39, 0.29) is 23.5 Å². The number of nitrogens with zero attached hydrogens (tertiary/aromatic N) is 1. The molecule has 0 radical (unpaired) electrons. The van der Waals surface area contributed by atoms with Gasteiger partial charge in [-0.15, -0.1) is 0 Å². The fraction of sp³-hybridized carbons (Fsp3) is 0.652. The largest absolute Gasteiger partial charge is 0.446 e. The summed E-state index contributed by atoms with van der Waals surface area (Å²) in [6.45, 7) is 6.12. The normalized spacial score (nSPS) is 26.5. The Morgan fingerprint density at radius 3 is 3.00 bits per heavy atom. The molecule has 1 aromatic rings. The molecule has 2 N–H and O–H groups in total. The maximum atomic E-state index is 12.4. The zero-order valence-corrected chi connectivity index (χ0v) is 17.2. The van der Waals surface area contributed by atoms with Gasteiger partial charge in [0.05, 0.1) is 11.6 Å². The van der Waals surface area contributed by atoms with Crippen molar-refractivity contribution in [3.05, 3.63) is 29.0 Å². The molecule has 5 nitrogen and oxygen atoms in total. The van der Waals surface area contributed by atoms with E-state index in [1.54, 1.807) is 0 Å². The van der Waals surface area contributed by atoms with Crippen LogP contribution in [0.4, 0.5) is 5.82 Å². The molecule has 1 saturated heterocycles. The van der Waals surface area contributed by atoms with Gasteiger partial charge in [0.2, 0.25) is 0 Å². The number of hydrogen-bond acceptors (Lipinski definition) is 5. The fourth-order valence-corrected chi connectivity index (χ4v) is 4.59. The Bertz CT molecular complexity index is 750. The summed E-state index contributed by atoms with van der Waals surface area (Å²) < 4.78 is 5.81. The van der Waals surface area contributed by atoms with Gasteiger partial charge >= 0.3 is 5.97 Å². The Labute approximate surface area is 168 Å². The lowest BCUT2D eigenvalue weighted by Crippen LogP contribution is -2.67. The average molecular weight is 384 g/mol. The Morgan fingerprint density at radius 1 is 1.39 bits per heavy atom. The summed E-state index contributed by atoms with van der Waals surface area (Å²) in [4.78, 5) is 17.1. The molecule has 0 aromatic carbocycles. The van der Waals surface area contributed by atoms with Gasteiger partial charge in [0.1, 0.15) is 5.82 Å². The molecule has 0 bridgehead atoms. The van der Waals surface area contributed by atoms with Crippen LogP contribution in [0.5, 0.6) is 0 Å². The van der Waals surface area contributed by atoms with E-state index in [1.165, 1.54) is 30.4 Å². The smallest absolute Gasteiger partial charge is 0.310 e. The van der Waals surface area contributed by atoms with Crippen LogP contribution < -0.4 is 10.6 Å². The van der Waals surface area contributed by atoms with Crippen LogP contribution in [0.25, 0.3) is 6.08 Å². The van der Waals surface area contributed by atoms with E-state index in [0.29, 0.717) is 0 Å². The number of hydrogen-bond donors (Lipinski definition) is 2. The van der Waals surface area contributed by atoms with Crippen LogP contribution in [-0.4, -0.2) is 30.3 Å². The molecule has 1 aromatic heterocycles. The van der Waals surface area contributed by atoms with E-state index in [9.17, 15) is 4.79 Å². The summed E-state index contributed by atoms with van der Waals surface area (Å²) in [5.74, 6) is 0.990. The van der Waals surface area contributed by atoms with Gasteiger partial charge in [0.25, 0.3) is 0 Å². The van der Waals surface area contributed by atoms with E-state index >= 15 is 0 Å². The van der Waals surface area contributed by atoms with Crippen molar-refractivity contribution in [1.82, 2.24) is 10.3 Å². The Morgan fingerprint density at radius 2 is 2.25 bits per heavy atom. The van der Waals surface area contributed by atoms with Crippen molar-refractivity contribution in [3.63, 3.8) is 0 Å². The number of rotatable bonds is 7. The first-order valence-corrected chi connectivity index (χ1v) is 11.0. The number of carbonyl (C=O) groups is 1. The first-order chi connectivity index (χ1) is 13.6. The molecule has 28 heavy (non-hydrogen) atoms. The number of nitrogens with one attached hydrogen (secondary N) is 2. The molecule has 1 spiro atoms. The van der Waals surface area contributed by atoms with Crippen molar-refractivity contribution in [2.75, 3.05) is 18.4 Å². The summed E-state index contributed by atoms with van der Waals surface area (Å²) in [6, 6.07) is 4.32. The third-order valence-corrected chi connectivity index (χ3v) is 6.50. The Balaban J connectivity index is 1.30. The summed E-state index contributed by atoms with van der Waals surface area (Å²) in [6.07, 6.45) is 10.8. The minimum atomic E-state index is -0.121. The highest BCUT2D eigenvalue weighted by molar-refractivity contribution is 5.72. The lowest BCUT2D eigenvalue weighted by atomic mass is 9.60. The van der Waals surface area contributed by atoms with Crippen LogP contribution in [0.15, 0.2) is 17.7 Å². The van der Waals surface area contributed by atoms with Crippen molar-refractivity contribution in [2.24, 2.45) is 11.3 Å². The van der Waals surface area contributed by atoms with Crippen LogP contribution in [0, 0.1) is 11.3 Å². The van der Waals surface area contributed by atoms with Gasteiger partial charge in [0, 0.05) is 18.5 Å². The van der Waals surface area contributed by atoms with Gasteiger partial charge in [-0.1, -0.05) is 44.7 Å². The molecule has 3 heterocycles. The first kappa shape index (κ1) is 19.4. The van der Waals surface area contributed by atoms with E-state index in [1.807, 2.05) is 6.92 Å². The van der Waals surface area contributed by atoms with Gasteiger partial charge in [-0.3, -0.25) is 10.1 Å². The molecule has 1 aliphatic carbocycles. The zero-order valence-electron chi connectivity index (χ0n) is 17.2. The number of esters is 1. The second-order valence-electron chi connectivity index (χ2n) is 8.89. The second-order valence-corrected chi connectivity index (χ2v) is 8.89. The molecule has 2 atom stereocenters. The summed E-state index contributed by atoms with van der Waals surface area (Å²) in [5.41, 5.74) is 3.86. The zero-order chi connectivity index (χ0) is 19.6. The van der Waals surface area contributed by atoms with Crippen LogP contribution in [0.1, 0.15) is 70.1 Å². The van der Waals surface area contributed by atoms with Crippen molar-refractivity contribution < 1.29 is 9.53 Å². The minimum Gasteiger partial charge on any atom is -0.446 e. The van der Waals surface area contributed by atoms with Crippen LogP contribution in [-0.2, 0) is 16.0 Å². The number of ether oxygens (including phenoxy) is 1. The highest BCUT2D eigenvalue weighted by Gasteiger charge is 2.55. The highest BCUT2D eigenvalue weighted by Crippen LogP contribution is 2.52. The van der Waals surface area contributed by atoms with Crippen LogP contribution in [0.2, 0.25) is 0 Å². The Kier molecular flexibility index (Phi) is 5.72. The lowest BCUT2D eigenvalue weighted by Gasteiger charge is -2.56. The van der Waals surface area contributed by atoms with Gasteiger partial charge in [0.15, 0.2) is 6.23 Å². The van der Waals surface area contributed by atoms with Gasteiger partial charge in [-0.25, -0.2) is 4.98 Å². The van der Waals surface area contributed by atoms with E-state index in [4.69, 9.17) is 9.72 Å². The molecule has 152 valence electrons. The Hall–Kier alpha value is -1.88. The fourth-order valence-electron chi connectivity index (χ4n) is 4.59. The average Bonchev–Trinajstić information content (AvgIpc) is 2.67. The van der Waals surface area contributed by atoms with E-state index in [0.717, 1.165) is 56.7 Å². The number of unbranched alkanes of at least 4 members (excludes halogenated alkanes) is 2. The number of fused-ring (bicyclic) bond motifs is 1. The summed E-state index contributed by atoms with van der Waals surface area (Å²) in [7, 11) is 0. The maximum Gasteiger partial charge on any atom is 0.310 e. The molecule has 3 aliphatic rings. The molecule has 4 rings (SSSR count). The first-order valence-electron chi connectivity index (χ1n) is 11.0. The third kappa shape index (κ3) is 3.95. The summed E-state index contributed by atoms with van der Waals surface area (Å²) in [5, 5.41) is 6.72. The molecular weight excluding hydrogens is 350 g/mol. The maximum absolute atomic E-state index is 12.4. The topological polar surface area (TPSA) is 63.2 Å². The molecule has 2 aliphatic heterocycles. The molecule has 0 amide bonds. The van der Waals surface area contributed by atoms with E-state index < -0.39 is 0 Å². The highest BCUT2D eigenvalue weighted by atomic mass is 16.6. The standard InChI is InChI=1S/C23H33N3O2/c1-3-4-5-7-16(2)21(27)28-22-23(15-25-22)13-17(14-23)12-19-10-9-18-8-6-11-24-20(18)26-19/h9-10,12,16,22,25H,3-8,11,13-15H2,1-2H3,(H,24,26). The minimum absolute atomic E-state index is 0.00622. The predicted molar refractivity (Wildman–Crippen MR) is 112 cm³/mol. The molecule has 2 fully saturated rings. The number of allylic oxidation sites excluding steroid dienone is 1. The third-order valence-electron chi connectivity index (χ3n) is 6.50. The second kappa shape index (κ2) is 8.24. The SMILES string of the molecule is CCCCCC(C)C(=O)OC1NCC12CC(=Cc1ccc3c(n1)NCCC3)C2. The monoisotopic (exact) mass is 383 g/mol. The van der Waals surface area contributed by atoms with Gasteiger partial charge < -0.3 is 10.1 Å². The predicted octanol–water partition coefficient (Wildman–Crippen LogP) is 4.29. The summed E-state index contributed by atoms with van der Waals surface area (Å²) >= 11 is 0. The number of carbonyl (C=O) groups excluding carboxylic acids is 1. The number of anilines is 1. The molecular formula is C23H33N3O2. The van der Waals surface area contributed by atoms with Crippen molar-refractivity contribution in [2.45, 2.75) is 71.4 Å². The van der Waals surface area contributed by atoms with Crippen LogP contribution in [0.3, 0.4) is 0 Å². The quantitative estimate of drug-likeness (QED) is 0.543. The van der Waals surface area contributed by atoms with Gasteiger partial charge in [-0.2, -0.15) is 0 Å².